The maximum atomic E-state index is 14.7. The fourth-order valence-corrected chi connectivity index (χ4v) is 5.56. The second-order valence-corrected chi connectivity index (χ2v) is 12.0. The predicted molar refractivity (Wildman–Crippen MR) is 142 cm³/mol. The number of rotatable bonds is 15. The van der Waals surface area contributed by atoms with Gasteiger partial charge in [0.2, 0.25) is 0 Å². The third kappa shape index (κ3) is 6.43. The first kappa shape index (κ1) is 39.6. The van der Waals surface area contributed by atoms with Crippen molar-refractivity contribution in [3.63, 3.8) is 0 Å². The van der Waals surface area contributed by atoms with Crippen LogP contribution in [0.1, 0.15) is 56.6 Å². The molecule has 0 saturated heterocycles. The molecule has 1 heterocycles. The van der Waals surface area contributed by atoms with Gasteiger partial charge in [-0.25, -0.2) is 4.98 Å². The van der Waals surface area contributed by atoms with Crippen LogP contribution in [0.5, 0.6) is 0 Å². The van der Waals surface area contributed by atoms with E-state index in [4.69, 9.17) is 0 Å². The van der Waals surface area contributed by atoms with Crippen molar-refractivity contribution >= 4 is 21.6 Å². The Kier molecular flexibility index (Phi) is 10.8. The molecule has 0 N–H and O–H groups in total. The van der Waals surface area contributed by atoms with Crippen molar-refractivity contribution in [3.05, 3.63) is 53.6 Å². The van der Waals surface area contributed by atoms with Crippen molar-refractivity contribution in [2.45, 2.75) is 99.5 Å². The Balaban J connectivity index is 1.89. The monoisotopic (exact) mass is 741 g/mol. The second-order valence-electron chi connectivity index (χ2n) is 10.9. The molecule has 0 unspecified atom stereocenters. The molecule has 2 aromatic carbocycles. The average molecular weight is 742 g/mol. The van der Waals surface area contributed by atoms with E-state index in [1.807, 2.05) is 0 Å². The van der Waals surface area contributed by atoms with Gasteiger partial charge in [-0.15, -0.1) is 11.3 Å². The molecule has 0 aliphatic heterocycles. The summed E-state index contributed by atoms with van der Waals surface area (Å²) in [5.74, 6) is -56.7. The van der Waals surface area contributed by atoms with Crippen LogP contribution in [0.4, 0.5) is 74.6 Å². The summed E-state index contributed by atoms with van der Waals surface area (Å²) in [6.45, 7) is 2.08. The zero-order valence-corrected chi connectivity index (χ0v) is 25.1. The summed E-state index contributed by atoms with van der Waals surface area (Å²) in [6.07, 6.45) is -0.801. The number of unbranched alkanes of at least 4 members (excludes halogenated alkanes) is 5. The summed E-state index contributed by atoms with van der Waals surface area (Å²) in [7, 11) is 0. The molecular formula is C29H24F17NS. The van der Waals surface area contributed by atoms with E-state index in [2.05, 4.69) is 11.9 Å². The maximum absolute atomic E-state index is 14.7. The summed E-state index contributed by atoms with van der Waals surface area (Å²) in [6, 6.07) is 6.31. The Morgan fingerprint density at radius 1 is 0.542 bits per heavy atom. The molecule has 0 amide bonds. The number of hydrogen-bond donors (Lipinski definition) is 0. The minimum atomic E-state index is -8.66. The van der Waals surface area contributed by atoms with Crippen LogP contribution >= 0.6 is 11.3 Å². The summed E-state index contributed by atoms with van der Waals surface area (Å²) in [5.41, 5.74) is -1.01. The van der Waals surface area contributed by atoms with E-state index in [0.29, 0.717) is 22.3 Å². The van der Waals surface area contributed by atoms with Gasteiger partial charge in [-0.3, -0.25) is 0 Å². The minimum Gasteiger partial charge on any atom is -0.236 e. The highest BCUT2D eigenvalue weighted by Crippen LogP contribution is 2.65. The van der Waals surface area contributed by atoms with Crippen LogP contribution in [0.3, 0.4) is 0 Å². The average Bonchev–Trinajstić information content (AvgIpc) is 3.41. The zero-order chi connectivity index (χ0) is 36.8. The number of thiazole rings is 1. The first-order valence-corrected chi connectivity index (χ1v) is 14.8. The number of halogens is 17. The lowest BCUT2D eigenvalue weighted by molar-refractivity contribution is -0.462. The zero-order valence-electron chi connectivity index (χ0n) is 24.3. The first-order valence-electron chi connectivity index (χ1n) is 13.9. The molecule has 0 spiro atoms. The molecule has 0 saturated carbocycles. The third-order valence-corrected chi connectivity index (χ3v) is 8.56. The maximum Gasteiger partial charge on any atom is 0.460 e. The van der Waals surface area contributed by atoms with E-state index >= 15 is 0 Å². The molecule has 270 valence electrons. The number of alkyl halides is 17. The lowest BCUT2D eigenvalue weighted by Crippen LogP contribution is -2.74. The van der Waals surface area contributed by atoms with E-state index in [-0.39, 0.29) is 22.7 Å². The first-order chi connectivity index (χ1) is 21.7. The second kappa shape index (κ2) is 13.1. The Labute approximate surface area is 265 Å². The Bertz CT molecular complexity index is 1540. The standard InChI is InChI=1S/C29H24F17NS/c1-2-3-4-5-6-7-8-16-9-14-19-20(15-16)48-21(47-19)17-10-12-18(13-11-17)22(30,31)23(32,33)24(34,35)25(36,37)26(38,39)27(40,41)28(42,43)29(44,45)46/h9-15H,2-8H2,1H3. The molecule has 0 atom stereocenters. The van der Waals surface area contributed by atoms with Crippen LogP contribution in [0.25, 0.3) is 20.8 Å². The van der Waals surface area contributed by atoms with Crippen LogP contribution in [-0.2, 0) is 12.3 Å². The molecule has 0 aliphatic rings. The molecule has 1 nitrogen and oxygen atoms in total. The third-order valence-electron chi connectivity index (χ3n) is 7.49. The van der Waals surface area contributed by atoms with E-state index in [1.165, 1.54) is 0 Å². The van der Waals surface area contributed by atoms with Gasteiger partial charge in [0, 0.05) is 11.1 Å². The van der Waals surface area contributed by atoms with Crippen molar-refractivity contribution in [2.75, 3.05) is 0 Å². The summed E-state index contributed by atoms with van der Waals surface area (Å²) >= 11 is 0.988. The predicted octanol–water partition coefficient (Wildman–Crippen LogP) is 12.3. The van der Waals surface area contributed by atoms with Gasteiger partial charge in [-0.2, -0.15) is 74.6 Å². The number of nitrogens with zero attached hydrogens (tertiary/aromatic N) is 1. The highest BCUT2D eigenvalue weighted by Gasteiger charge is 2.95. The lowest BCUT2D eigenvalue weighted by Gasteiger charge is -2.42. The van der Waals surface area contributed by atoms with Crippen LogP contribution in [0, 0.1) is 0 Å². The molecule has 3 rings (SSSR count). The van der Waals surface area contributed by atoms with Gasteiger partial charge < -0.3 is 0 Å². The molecule has 48 heavy (non-hydrogen) atoms. The Hall–Kier alpha value is -2.86. The Morgan fingerprint density at radius 2 is 1.02 bits per heavy atom. The van der Waals surface area contributed by atoms with Gasteiger partial charge in [-0.05, 0) is 30.5 Å². The van der Waals surface area contributed by atoms with E-state index in [1.54, 1.807) is 18.2 Å². The van der Waals surface area contributed by atoms with Crippen LogP contribution in [0.15, 0.2) is 42.5 Å². The van der Waals surface area contributed by atoms with Gasteiger partial charge in [0.1, 0.15) is 5.01 Å². The van der Waals surface area contributed by atoms with E-state index in [0.717, 1.165) is 61.8 Å². The fourth-order valence-electron chi connectivity index (χ4n) is 4.52. The van der Waals surface area contributed by atoms with Crippen molar-refractivity contribution in [3.8, 4) is 10.6 Å². The molecule has 3 aromatic rings. The van der Waals surface area contributed by atoms with Crippen molar-refractivity contribution in [2.24, 2.45) is 0 Å². The molecule has 0 radical (unpaired) electrons. The van der Waals surface area contributed by atoms with Gasteiger partial charge >= 0.3 is 47.6 Å². The number of aryl methyl sites for hydroxylation is 1. The normalized spacial score (nSPS) is 14.6. The van der Waals surface area contributed by atoms with Crippen LogP contribution < -0.4 is 0 Å². The molecular weight excluding hydrogens is 717 g/mol. The molecule has 19 heteroatoms. The summed E-state index contributed by atoms with van der Waals surface area (Å²) in [5, 5.41) is 0.0765. The number of fused-ring (bicyclic) bond motifs is 1. The SMILES string of the molecule is CCCCCCCCc1ccc2nc(-c3ccc(C(F)(F)C(F)(F)C(F)(F)C(F)(F)C(F)(F)C(F)(F)C(F)(F)C(F)(F)F)cc3)sc2c1. The van der Waals surface area contributed by atoms with Crippen molar-refractivity contribution in [1.29, 1.82) is 0 Å². The van der Waals surface area contributed by atoms with Crippen molar-refractivity contribution < 1.29 is 74.6 Å². The Morgan fingerprint density at radius 3 is 1.54 bits per heavy atom. The highest BCUT2D eigenvalue weighted by molar-refractivity contribution is 7.21. The fraction of sp³-hybridized carbons (Fsp3) is 0.552. The quantitative estimate of drug-likeness (QED) is 0.112. The molecule has 0 bridgehead atoms. The van der Waals surface area contributed by atoms with Crippen LogP contribution in [0.2, 0.25) is 0 Å². The number of benzene rings is 2. The smallest absolute Gasteiger partial charge is 0.236 e. The van der Waals surface area contributed by atoms with Crippen molar-refractivity contribution in [1.82, 2.24) is 4.98 Å². The molecule has 0 fully saturated rings. The summed E-state index contributed by atoms with van der Waals surface area (Å²) in [4.78, 5) is 4.22. The minimum absolute atomic E-state index is 0.0297. The molecule has 0 aliphatic carbocycles. The topological polar surface area (TPSA) is 12.9 Å². The van der Waals surface area contributed by atoms with E-state index in [9.17, 15) is 74.6 Å². The van der Waals surface area contributed by atoms with E-state index < -0.39 is 53.2 Å². The number of aromatic nitrogens is 1. The molecule has 1 aromatic heterocycles. The lowest BCUT2D eigenvalue weighted by atomic mass is 9.87. The largest absolute Gasteiger partial charge is 0.460 e. The van der Waals surface area contributed by atoms with Gasteiger partial charge in [0.15, 0.2) is 0 Å². The van der Waals surface area contributed by atoms with Crippen LogP contribution in [-0.4, -0.2) is 46.7 Å². The highest BCUT2D eigenvalue weighted by atomic mass is 32.1. The summed E-state index contributed by atoms with van der Waals surface area (Å²) < 4.78 is 232. The van der Waals surface area contributed by atoms with Gasteiger partial charge in [-0.1, -0.05) is 69.4 Å². The van der Waals surface area contributed by atoms with Gasteiger partial charge in [0.05, 0.1) is 10.2 Å². The number of hydrogen-bond acceptors (Lipinski definition) is 2. The van der Waals surface area contributed by atoms with Gasteiger partial charge in [0.25, 0.3) is 0 Å².